The quantitative estimate of drug-likeness (QED) is 0.550. The third-order valence-corrected chi connectivity index (χ3v) is 2.35. The minimum atomic E-state index is -0.0541. The van der Waals surface area contributed by atoms with E-state index in [-0.39, 0.29) is 5.91 Å². The first-order chi connectivity index (χ1) is 8.77. The normalized spacial score (nSPS) is 11.4. The lowest BCUT2D eigenvalue weighted by atomic mass is 10.3. The number of hydrogen-bond acceptors (Lipinski definition) is 3. The second kappa shape index (κ2) is 8.31. The smallest absolute Gasteiger partial charge is 0.247 e. The Balaban J connectivity index is 2.61. The zero-order valence-corrected chi connectivity index (χ0v) is 10.8. The maximum atomic E-state index is 12.0. The monoisotopic (exact) mass is 249 g/mol. The third-order valence-electron chi connectivity index (χ3n) is 2.35. The zero-order chi connectivity index (χ0) is 13.2. The molecular formula is C14H19NO3. The number of hydrogen-bond donors (Lipinski definition) is 0. The fourth-order valence-electron chi connectivity index (χ4n) is 1.41. The number of ether oxygens (including phenoxy) is 1. The number of rotatable bonds is 7. The molecule has 0 bridgehead atoms. The lowest BCUT2D eigenvalue weighted by molar-refractivity contribution is -0.127. The van der Waals surface area contributed by atoms with E-state index in [0.717, 1.165) is 5.76 Å². The molecule has 0 fully saturated rings. The Bertz CT molecular complexity index is 393. The topological polar surface area (TPSA) is 42.7 Å². The van der Waals surface area contributed by atoms with Crippen LogP contribution in [0.5, 0.6) is 0 Å². The average molecular weight is 249 g/mol. The molecule has 1 rings (SSSR count). The first-order valence-electron chi connectivity index (χ1n) is 5.87. The number of carbonyl (C=O) groups is 1. The molecule has 0 atom stereocenters. The lowest BCUT2D eigenvalue weighted by Gasteiger charge is -2.19. The molecule has 4 nitrogen and oxygen atoms in total. The summed E-state index contributed by atoms with van der Waals surface area (Å²) in [6.07, 6.45) is 8.56. The molecule has 0 N–H and O–H groups in total. The molecule has 4 heteroatoms. The van der Waals surface area contributed by atoms with Gasteiger partial charge in [-0.15, -0.1) is 0 Å². The maximum absolute atomic E-state index is 12.0. The molecule has 1 aromatic heterocycles. The van der Waals surface area contributed by atoms with Crippen molar-refractivity contribution in [2.45, 2.75) is 13.5 Å². The van der Waals surface area contributed by atoms with Crippen LogP contribution in [-0.2, 0) is 16.1 Å². The highest BCUT2D eigenvalue weighted by molar-refractivity contribution is 5.87. The van der Waals surface area contributed by atoms with Gasteiger partial charge < -0.3 is 14.1 Å². The molecule has 0 spiro atoms. The summed E-state index contributed by atoms with van der Waals surface area (Å²) in [6.45, 7) is 3.40. The highest BCUT2D eigenvalue weighted by Crippen LogP contribution is 2.06. The highest BCUT2D eigenvalue weighted by atomic mass is 16.5. The van der Waals surface area contributed by atoms with E-state index in [4.69, 9.17) is 9.15 Å². The Morgan fingerprint density at radius 1 is 1.50 bits per heavy atom. The molecule has 1 heterocycles. The van der Waals surface area contributed by atoms with E-state index < -0.39 is 0 Å². The minimum absolute atomic E-state index is 0.0541. The second-order valence-corrected chi connectivity index (χ2v) is 3.72. The van der Waals surface area contributed by atoms with Crippen LogP contribution >= 0.6 is 0 Å². The van der Waals surface area contributed by atoms with Gasteiger partial charge in [0.25, 0.3) is 0 Å². The molecule has 0 aliphatic carbocycles. The van der Waals surface area contributed by atoms with Gasteiger partial charge in [-0.05, 0) is 19.1 Å². The summed E-state index contributed by atoms with van der Waals surface area (Å²) in [5, 5.41) is 0. The van der Waals surface area contributed by atoms with Crippen molar-refractivity contribution in [3.8, 4) is 0 Å². The summed E-state index contributed by atoms with van der Waals surface area (Å²) < 4.78 is 10.3. The predicted molar refractivity (Wildman–Crippen MR) is 70.0 cm³/mol. The summed E-state index contributed by atoms with van der Waals surface area (Å²) in [5.41, 5.74) is 0. The molecule has 0 saturated heterocycles. The summed E-state index contributed by atoms with van der Waals surface area (Å²) >= 11 is 0. The molecule has 1 aromatic rings. The fourth-order valence-corrected chi connectivity index (χ4v) is 1.41. The Hall–Kier alpha value is -1.81. The van der Waals surface area contributed by atoms with Crippen molar-refractivity contribution in [2.75, 3.05) is 20.3 Å². The molecule has 0 aliphatic heterocycles. The average Bonchev–Trinajstić information content (AvgIpc) is 2.87. The molecule has 0 aliphatic rings. The number of furan rings is 1. The van der Waals surface area contributed by atoms with Crippen LogP contribution in [0.25, 0.3) is 0 Å². The van der Waals surface area contributed by atoms with Crippen LogP contribution in [-0.4, -0.2) is 31.1 Å². The predicted octanol–water partition coefficient (Wildman–Crippen LogP) is 2.39. The number of nitrogens with zero attached hydrogens (tertiary/aromatic N) is 1. The Morgan fingerprint density at radius 2 is 2.33 bits per heavy atom. The van der Waals surface area contributed by atoms with Crippen LogP contribution in [0, 0.1) is 0 Å². The molecule has 98 valence electrons. The summed E-state index contributed by atoms with van der Waals surface area (Å²) in [6, 6.07) is 3.66. The minimum Gasteiger partial charge on any atom is -0.467 e. The number of methoxy groups -OCH3 is 1. The van der Waals surface area contributed by atoms with Gasteiger partial charge in [0.15, 0.2) is 0 Å². The summed E-state index contributed by atoms with van der Waals surface area (Å²) in [5.74, 6) is 0.709. The van der Waals surface area contributed by atoms with Crippen molar-refractivity contribution in [2.24, 2.45) is 0 Å². The van der Waals surface area contributed by atoms with Crippen LogP contribution < -0.4 is 0 Å². The molecule has 0 radical (unpaired) electrons. The van der Waals surface area contributed by atoms with E-state index in [1.807, 2.05) is 31.2 Å². The van der Waals surface area contributed by atoms with E-state index >= 15 is 0 Å². The van der Waals surface area contributed by atoms with Gasteiger partial charge in [-0.3, -0.25) is 4.79 Å². The molecule has 0 saturated carbocycles. The van der Waals surface area contributed by atoms with E-state index in [9.17, 15) is 4.79 Å². The molecule has 0 aromatic carbocycles. The second-order valence-electron chi connectivity index (χ2n) is 3.72. The molecular weight excluding hydrogens is 230 g/mol. The highest BCUT2D eigenvalue weighted by Gasteiger charge is 2.12. The van der Waals surface area contributed by atoms with E-state index in [2.05, 4.69) is 0 Å². The van der Waals surface area contributed by atoms with Gasteiger partial charge in [0.2, 0.25) is 5.91 Å². The SMILES string of the molecule is C/C=C/C=C\C(=O)N(CCOC)Cc1ccco1. The van der Waals surface area contributed by atoms with E-state index in [0.29, 0.717) is 19.7 Å². The van der Waals surface area contributed by atoms with Crippen LogP contribution in [0.2, 0.25) is 0 Å². The largest absolute Gasteiger partial charge is 0.467 e. The fraction of sp³-hybridized carbons (Fsp3) is 0.357. The Kier molecular flexibility index (Phi) is 6.58. The molecule has 18 heavy (non-hydrogen) atoms. The van der Waals surface area contributed by atoms with Crippen molar-refractivity contribution >= 4 is 5.91 Å². The van der Waals surface area contributed by atoms with Crippen molar-refractivity contribution in [1.29, 1.82) is 0 Å². The van der Waals surface area contributed by atoms with Crippen LogP contribution in [0.4, 0.5) is 0 Å². The van der Waals surface area contributed by atoms with Crippen LogP contribution in [0.3, 0.4) is 0 Å². The van der Waals surface area contributed by atoms with Crippen molar-refractivity contribution in [3.63, 3.8) is 0 Å². The zero-order valence-electron chi connectivity index (χ0n) is 10.8. The molecule has 0 unspecified atom stereocenters. The number of amides is 1. The van der Waals surface area contributed by atoms with Crippen molar-refractivity contribution < 1.29 is 13.9 Å². The van der Waals surface area contributed by atoms with Gasteiger partial charge in [-0.1, -0.05) is 18.2 Å². The summed E-state index contributed by atoms with van der Waals surface area (Å²) in [7, 11) is 1.62. The van der Waals surface area contributed by atoms with Gasteiger partial charge in [0.05, 0.1) is 19.4 Å². The van der Waals surface area contributed by atoms with Crippen LogP contribution in [0.1, 0.15) is 12.7 Å². The third kappa shape index (κ3) is 5.01. The Morgan fingerprint density at radius 3 is 2.94 bits per heavy atom. The van der Waals surface area contributed by atoms with Crippen molar-refractivity contribution in [1.82, 2.24) is 4.90 Å². The number of allylic oxidation sites excluding steroid dienone is 3. The van der Waals surface area contributed by atoms with Gasteiger partial charge in [0, 0.05) is 19.7 Å². The first-order valence-corrected chi connectivity index (χ1v) is 5.87. The van der Waals surface area contributed by atoms with Gasteiger partial charge in [-0.2, -0.15) is 0 Å². The molecule has 1 amide bonds. The van der Waals surface area contributed by atoms with E-state index in [1.165, 1.54) is 0 Å². The number of carbonyl (C=O) groups excluding carboxylic acids is 1. The van der Waals surface area contributed by atoms with E-state index in [1.54, 1.807) is 30.4 Å². The standard InChI is InChI=1S/C14H19NO3/c1-3-4-5-8-14(16)15(9-11-17-2)12-13-7-6-10-18-13/h3-8,10H,9,11-12H2,1-2H3/b4-3+,8-5-. The van der Waals surface area contributed by atoms with Crippen molar-refractivity contribution in [3.05, 3.63) is 48.5 Å². The Labute approximate surface area is 108 Å². The lowest BCUT2D eigenvalue weighted by Crippen LogP contribution is -2.31. The van der Waals surface area contributed by atoms with Gasteiger partial charge >= 0.3 is 0 Å². The van der Waals surface area contributed by atoms with Gasteiger partial charge in [-0.25, -0.2) is 0 Å². The first kappa shape index (κ1) is 14.3. The van der Waals surface area contributed by atoms with Gasteiger partial charge in [0.1, 0.15) is 5.76 Å². The van der Waals surface area contributed by atoms with Crippen LogP contribution in [0.15, 0.2) is 47.1 Å². The summed E-state index contributed by atoms with van der Waals surface area (Å²) in [4.78, 5) is 13.6. The maximum Gasteiger partial charge on any atom is 0.247 e.